The topological polar surface area (TPSA) is 48.4 Å². The molecular formula is C15H25N3O. The van der Waals surface area contributed by atoms with Gasteiger partial charge in [-0.3, -0.25) is 4.98 Å². The van der Waals surface area contributed by atoms with Crippen LogP contribution in [0.25, 0.3) is 0 Å². The van der Waals surface area contributed by atoms with Crippen LogP contribution in [0.2, 0.25) is 0 Å². The fraction of sp³-hybridized carbons (Fsp3) is 0.533. The smallest absolute Gasteiger partial charge is 0.0606 e. The second-order valence-corrected chi connectivity index (χ2v) is 5.57. The van der Waals surface area contributed by atoms with E-state index in [1.165, 1.54) is 0 Å². The van der Waals surface area contributed by atoms with Crippen molar-refractivity contribution in [2.45, 2.75) is 32.9 Å². The van der Waals surface area contributed by atoms with Gasteiger partial charge in [-0.2, -0.15) is 0 Å². The van der Waals surface area contributed by atoms with Crippen LogP contribution >= 0.6 is 0 Å². The van der Waals surface area contributed by atoms with Crippen LogP contribution in [0.3, 0.4) is 0 Å². The van der Waals surface area contributed by atoms with Crippen molar-refractivity contribution in [1.29, 1.82) is 0 Å². The summed E-state index contributed by atoms with van der Waals surface area (Å²) in [5, 5.41) is 12.6. The SMILES string of the molecule is C=CCN(CCO)c1ccncc1CNC(C)(C)C. The molecule has 0 amide bonds. The van der Waals surface area contributed by atoms with E-state index >= 15 is 0 Å². The summed E-state index contributed by atoms with van der Waals surface area (Å²) >= 11 is 0. The summed E-state index contributed by atoms with van der Waals surface area (Å²) in [7, 11) is 0. The van der Waals surface area contributed by atoms with Crippen molar-refractivity contribution in [3.05, 3.63) is 36.7 Å². The molecule has 0 unspecified atom stereocenters. The molecule has 106 valence electrons. The molecule has 0 atom stereocenters. The van der Waals surface area contributed by atoms with Gasteiger partial charge in [0.1, 0.15) is 0 Å². The van der Waals surface area contributed by atoms with Crippen LogP contribution in [0, 0.1) is 0 Å². The highest BCUT2D eigenvalue weighted by Gasteiger charge is 2.13. The number of hydrogen-bond donors (Lipinski definition) is 2. The largest absolute Gasteiger partial charge is 0.395 e. The van der Waals surface area contributed by atoms with E-state index in [0.717, 1.165) is 17.8 Å². The van der Waals surface area contributed by atoms with E-state index in [1.54, 1.807) is 6.20 Å². The van der Waals surface area contributed by atoms with E-state index in [1.807, 2.05) is 18.3 Å². The van der Waals surface area contributed by atoms with Gasteiger partial charge in [0.05, 0.1) is 6.61 Å². The molecule has 0 aromatic carbocycles. The summed E-state index contributed by atoms with van der Waals surface area (Å²) in [6, 6.07) is 1.98. The van der Waals surface area contributed by atoms with Gasteiger partial charge in [0.15, 0.2) is 0 Å². The van der Waals surface area contributed by atoms with Crippen LogP contribution < -0.4 is 10.2 Å². The molecule has 0 fully saturated rings. The molecule has 0 bridgehead atoms. The lowest BCUT2D eigenvalue weighted by molar-refractivity contribution is 0.303. The maximum absolute atomic E-state index is 9.17. The second-order valence-electron chi connectivity index (χ2n) is 5.57. The number of nitrogens with zero attached hydrogens (tertiary/aromatic N) is 2. The fourth-order valence-electron chi connectivity index (χ4n) is 1.81. The lowest BCUT2D eigenvalue weighted by Gasteiger charge is -2.27. The standard InChI is InChI=1S/C15H25N3O/c1-5-8-18(9-10-19)14-6-7-16-11-13(14)12-17-15(2,3)4/h5-7,11,17,19H,1,8-10,12H2,2-4H3. The Hall–Kier alpha value is -1.39. The monoisotopic (exact) mass is 263 g/mol. The average Bonchev–Trinajstić information content (AvgIpc) is 2.36. The lowest BCUT2D eigenvalue weighted by Crippen LogP contribution is -2.36. The Bertz CT molecular complexity index is 399. The molecule has 0 aliphatic carbocycles. The van der Waals surface area contributed by atoms with E-state index in [0.29, 0.717) is 13.1 Å². The maximum Gasteiger partial charge on any atom is 0.0606 e. The molecule has 0 spiro atoms. The van der Waals surface area contributed by atoms with Crippen LogP contribution in [-0.4, -0.2) is 35.3 Å². The molecular weight excluding hydrogens is 238 g/mol. The van der Waals surface area contributed by atoms with Gasteiger partial charge in [-0.1, -0.05) is 6.08 Å². The molecule has 1 heterocycles. The number of aliphatic hydroxyl groups excluding tert-OH is 1. The number of hydrogen-bond acceptors (Lipinski definition) is 4. The van der Waals surface area contributed by atoms with Crippen molar-refractivity contribution in [2.75, 3.05) is 24.6 Å². The number of rotatable bonds is 7. The van der Waals surface area contributed by atoms with Crippen molar-refractivity contribution in [3.8, 4) is 0 Å². The highest BCUT2D eigenvalue weighted by molar-refractivity contribution is 5.52. The summed E-state index contributed by atoms with van der Waals surface area (Å²) in [6.45, 7) is 12.4. The molecule has 4 heteroatoms. The van der Waals surface area contributed by atoms with Gasteiger partial charge in [-0.05, 0) is 26.8 Å². The highest BCUT2D eigenvalue weighted by Crippen LogP contribution is 2.19. The minimum absolute atomic E-state index is 0.0629. The Labute approximate surface area is 116 Å². The van der Waals surface area contributed by atoms with E-state index in [9.17, 15) is 0 Å². The summed E-state index contributed by atoms with van der Waals surface area (Å²) in [5.74, 6) is 0. The zero-order valence-electron chi connectivity index (χ0n) is 12.2. The highest BCUT2D eigenvalue weighted by atomic mass is 16.3. The molecule has 1 rings (SSSR count). The van der Waals surface area contributed by atoms with Gasteiger partial charge in [0.25, 0.3) is 0 Å². The van der Waals surface area contributed by atoms with E-state index in [2.05, 4.69) is 42.6 Å². The summed E-state index contributed by atoms with van der Waals surface area (Å²) in [4.78, 5) is 6.30. The first-order valence-electron chi connectivity index (χ1n) is 6.62. The van der Waals surface area contributed by atoms with Gasteiger partial charge in [0, 0.05) is 48.8 Å². The van der Waals surface area contributed by atoms with Gasteiger partial charge in [-0.25, -0.2) is 0 Å². The van der Waals surface area contributed by atoms with Gasteiger partial charge in [-0.15, -0.1) is 6.58 Å². The van der Waals surface area contributed by atoms with E-state index in [4.69, 9.17) is 5.11 Å². The number of anilines is 1. The third-order valence-electron chi connectivity index (χ3n) is 2.75. The first-order chi connectivity index (χ1) is 8.98. The molecule has 0 aliphatic heterocycles. The van der Waals surface area contributed by atoms with Gasteiger partial charge >= 0.3 is 0 Å². The molecule has 2 N–H and O–H groups in total. The Kier molecular flexibility index (Phi) is 5.99. The summed E-state index contributed by atoms with van der Waals surface area (Å²) in [5.41, 5.74) is 2.29. The predicted molar refractivity (Wildman–Crippen MR) is 80.3 cm³/mol. The Morgan fingerprint density at radius 1 is 1.47 bits per heavy atom. The molecule has 1 aromatic rings. The zero-order chi connectivity index (χ0) is 14.3. The van der Waals surface area contributed by atoms with E-state index < -0.39 is 0 Å². The van der Waals surface area contributed by atoms with Crippen molar-refractivity contribution in [2.24, 2.45) is 0 Å². The Balaban J connectivity index is 2.89. The number of aromatic nitrogens is 1. The van der Waals surface area contributed by atoms with Crippen LogP contribution in [-0.2, 0) is 6.54 Å². The Morgan fingerprint density at radius 3 is 2.79 bits per heavy atom. The second kappa shape index (κ2) is 7.26. The number of nitrogens with one attached hydrogen (secondary N) is 1. The first-order valence-corrected chi connectivity index (χ1v) is 6.62. The van der Waals surface area contributed by atoms with Crippen molar-refractivity contribution < 1.29 is 5.11 Å². The normalized spacial score (nSPS) is 11.4. The number of aliphatic hydroxyl groups is 1. The lowest BCUT2D eigenvalue weighted by atomic mass is 10.1. The molecule has 0 saturated carbocycles. The molecule has 0 saturated heterocycles. The average molecular weight is 263 g/mol. The fourth-order valence-corrected chi connectivity index (χ4v) is 1.81. The van der Waals surface area contributed by atoms with Crippen LogP contribution in [0.1, 0.15) is 26.3 Å². The van der Waals surface area contributed by atoms with E-state index in [-0.39, 0.29) is 12.1 Å². The van der Waals surface area contributed by atoms with Gasteiger partial charge in [0.2, 0.25) is 0 Å². The molecule has 0 aliphatic rings. The molecule has 19 heavy (non-hydrogen) atoms. The minimum Gasteiger partial charge on any atom is -0.395 e. The molecule has 1 aromatic heterocycles. The minimum atomic E-state index is 0.0629. The third kappa shape index (κ3) is 5.41. The maximum atomic E-state index is 9.17. The van der Waals surface area contributed by atoms with Gasteiger partial charge < -0.3 is 15.3 Å². The summed E-state index contributed by atoms with van der Waals surface area (Å²) in [6.07, 6.45) is 5.50. The van der Waals surface area contributed by atoms with Crippen LogP contribution in [0.15, 0.2) is 31.1 Å². The predicted octanol–water partition coefficient (Wildman–Crippen LogP) is 1.95. The quantitative estimate of drug-likeness (QED) is 0.738. The third-order valence-corrected chi connectivity index (χ3v) is 2.75. The first kappa shape index (κ1) is 15.7. The van der Waals surface area contributed by atoms with Crippen molar-refractivity contribution in [3.63, 3.8) is 0 Å². The Morgan fingerprint density at radius 2 is 2.21 bits per heavy atom. The zero-order valence-corrected chi connectivity index (χ0v) is 12.2. The van der Waals surface area contributed by atoms with Crippen LogP contribution in [0.4, 0.5) is 5.69 Å². The van der Waals surface area contributed by atoms with Crippen molar-refractivity contribution in [1.82, 2.24) is 10.3 Å². The summed E-state index contributed by atoms with van der Waals surface area (Å²) < 4.78 is 0. The molecule has 0 radical (unpaired) electrons. The van der Waals surface area contributed by atoms with Crippen LogP contribution in [0.5, 0.6) is 0 Å². The molecule has 4 nitrogen and oxygen atoms in total. The van der Waals surface area contributed by atoms with Crippen molar-refractivity contribution >= 4 is 5.69 Å². The number of pyridine rings is 1.